The van der Waals surface area contributed by atoms with Gasteiger partial charge in [-0.25, -0.2) is 0 Å². The molecule has 0 N–H and O–H groups in total. The first-order valence-electron chi connectivity index (χ1n) is 1.86. The van der Waals surface area contributed by atoms with E-state index in [0.29, 0.717) is 7.18 Å². The Balaban J connectivity index is -0.0000000360. The van der Waals surface area contributed by atoms with Crippen LogP contribution in [-0.4, -0.2) is 7.18 Å². The Morgan fingerprint density at radius 3 is 1.29 bits per heavy atom. The molecular weight excluding hydrogens is 91.1 g/mol. The number of alkyl halides is 1. The van der Waals surface area contributed by atoms with Gasteiger partial charge in [0, 0.05) is 0 Å². The molecular formula is C6H13F. The Bertz CT molecular complexity index is 18.1. The monoisotopic (exact) mass is 104 g/mol. The van der Waals surface area contributed by atoms with Crippen molar-refractivity contribution in [3.8, 4) is 0 Å². The first-order valence-corrected chi connectivity index (χ1v) is 1.86. The van der Waals surface area contributed by atoms with E-state index in [4.69, 9.17) is 0 Å². The van der Waals surface area contributed by atoms with Gasteiger partial charge in [-0.05, 0) is 6.92 Å². The summed E-state index contributed by atoms with van der Waals surface area (Å²) in [5.74, 6) is 0. The zero-order valence-corrected chi connectivity index (χ0v) is 5.08. The SMILES string of the molecule is C=C.C=CC.CF. The molecule has 0 unspecified atom stereocenters. The van der Waals surface area contributed by atoms with Gasteiger partial charge >= 0.3 is 0 Å². The summed E-state index contributed by atoms with van der Waals surface area (Å²) in [6.07, 6.45) is 1.75. The number of hydrogen-bond donors (Lipinski definition) is 0. The second-order valence-electron chi connectivity index (χ2n) is 0.408. The molecule has 0 spiro atoms. The predicted octanol–water partition coefficient (Wildman–Crippen LogP) is 2.58. The van der Waals surface area contributed by atoms with E-state index in [9.17, 15) is 4.39 Å². The van der Waals surface area contributed by atoms with Crippen LogP contribution in [-0.2, 0) is 0 Å². The molecule has 0 saturated carbocycles. The fourth-order valence-corrected chi connectivity index (χ4v) is 0. The molecule has 44 valence electrons. The number of rotatable bonds is 0. The van der Waals surface area contributed by atoms with Crippen LogP contribution in [0.25, 0.3) is 0 Å². The predicted molar refractivity (Wildman–Crippen MR) is 34.2 cm³/mol. The van der Waals surface area contributed by atoms with Crippen LogP contribution in [0, 0.1) is 0 Å². The van der Waals surface area contributed by atoms with Crippen LogP contribution in [0.5, 0.6) is 0 Å². The van der Waals surface area contributed by atoms with Gasteiger partial charge in [0.2, 0.25) is 0 Å². The fraction of sp³-hybridized carbons (Fsp3) is 0.333. The van der Waals surface area contributed by atoms with Crippen molar-refractivity contribution in [2.24, 2.45) is 0 Å². The van der Waals surface area contributed by atoms with Crippen molar-refractivity contribution in [1.29, 1.82) is 0 Å². The smallest absolute Gasteiger partial charge is 0.0785 e. The van der Waals surface area contributed by atoms with Crippen molar-refractivity contribution < 1.29 is 4.39 Å². The van der Waals surface area contributed by atoms with Crippen molar-refractivity contribution in [1.82, 2.24) is 0 Å². The molecule has 0 radical (unpaired) electrons. The van der Waals surface area contributed by atoms with Gasteiger partial charge in [-0.15, -0.1) is 19.7 Å². The first-order chi connectivity index (χ1) is 3.41. The molecule has 0 saturated heterocycles. The van der Waals surface area contributed by atoms with Gasteiger partial charge in [-0.3, -0.25) is 4.39 Å². The summed E-state index contributed by atoms with van der Waals surface area (Å²) in [7, 11) is 0.500. The molecule has 1 heteroatoms. The Labute approximate surface area is 45.4 Å². The molecule has 0 fully saturated rings. The summed E-state index contributed by atoms with van der Waals surface area (Å²) in [5.41, 5.74) is 0. The zero-order valence-electron chi connectivity index (χ0n) is 5.08. The maximum Gasteiger partial charge on any atom is 0.0785 e. The minimum atomic E-state index is 0.500. The maximum atomic E-state index is 9.50. The molecule has 0 nitrogen and oxygen atoms in total. The summed E-state index contributed by atoms with van der Waals surface area (Å²) in [4.78, 5) is 0. The van der Waals surface area contributed by atoms with Crippen molar-refractivity contribution in [3.05, 3.63) is 25.8 Å². The van der Waals surface area contributed by atoms with E-state index >= 15 is 0 Å². The minimum Gasteiger partial charge on any atom is -0.255 e. The highest BCUT2D eigenvalue weighted by atomic mass is 19.1. The van der Waals surface area contributed by atoms with Crippen LogP contribution in [0.3, 0.4) is 0 Å². The molecule has 0 aromatic carbocycles. The molecule has 0 aromatic heterocycles. The summed E-state index contributed by atoms with van der Waals surface area (Å²) in [6, 6.07) is 0. The molecule has 7 heavy (non-hydrogen) atoms. The third-order valence-electron chi connectivity index (χ3n) is 0. The molecule has 0 bridgehead atoms. The lowest BCUT2D eigenvalue weighted by molar-refractivity contribution is 0.636. The molecule has 0 aliphatic heterocycles. The Kier molecular flexibility index (Phi) is 1440. The summed E-state index contributed by atoms with van der Waals surface area (Å²) < 4.78 is 9.50. The zero-order chi connectivity index (χ0) is 6.71. The fourth-order valence-electron chi connectivity index (χ4n) is 0. The van der Waals surface area contributed by atoms with E-state index in [1.807, 2.05) is 6.92 Å². The highest BCUT2D eigenvalue weighted by Crippen LogP contribution is 1.38. The van der Waals surface area contributed by atoms with E-state index in [0.717, 1.165) is 0 Å². The lowest BCUT2D eigenvalue weighted by atomic mass is 10.8. The Morgan fingerprint density at radius 2 is 1.29 bits per heavy atom. The van der Waals surface area contributed by atoms with Gasteiger partial charge in [0.25, 0.3) is 0 Å². The summed E-state index contributed by atoms with van der Waals surface area (Å²) >= 11 is 0. The van der Waals surface area contributed by atoms with Crippen LogP contribution >= 0.6 is 0 Å². The molecule has 0 atom stereocenters. The second kappa shape index (κ2) is 626. The Morgan fingerprint density at radius 1 is 1.29 bits per heavy atom. The average Bonchev–Trinajstić information content (AvgIpc) is 1.78. The molecule has 0 amide bonds. The highest BCUT2D eigenvalue weighted by molar-refractivity contribution is 4.51. The topological polar surface area (TPSA) is 0 Å². The molecule has 0 heterocycles. The van der Waals surface area contributed by atoms with Crippen molar-refractivity contribution in [3.63, 3.8) is 0 Å². The highest BCUT2D eigenvalue weighted by Gasteiger charge is 1.15. The number of halogens is 1. The summed E-state index contributed by atoms with van der Waals surface area (Å²) in [5, 5.41) is 0. The van der Waals surface area contributed by atoms with E-state index in [2.05, 4.69) is 19.7 Å². The molecule has 0 aliphatic carbocycles. The lowest BCUT2D eigenvalue weighted by Gasteiger charge is -1.31. The van der Waals surface area contributed by atoms with Crippen LogP contribution in [0.2, 0.25) is 0 Å². The van der Waals surface area contributed by atoms with Gasteiger partial charge in [-0.1, -0.05) is 6.08 Å². The number of allylic oxidation sites excluding steroid dienone is 1. The van der Waals surface area contributed by atoms with Crippen molar-refractivity contribution >= 4 is 0 Å². The largest absolute Gasteiger partial charge is 0.255 e. The van der Waals surface area contributed by atoms with Crippen LogP contribution in [0.4, 0.5) is 4.39 Å². The Hall–Kier alpha value is -0.590. The van der Waals surface area contributed by atoms with E-state index in [1.165, 1.54) is 0 Å². The van der Waals surface area contributed by atoms with E-state index < -0.39 is 0 Å². The first kappa shape index (κ1) is 16.1. The van der Waals surface area contributed by atoms with Gasteiger partial charge in [0.05, 0.1) is 7.18 Å². The standard InChI is InChI=1S/C3H6.C2H4.CH3F/c1-3-2;2*1-2/h3H,1H2,2H3;1-2H2;1H3. The van der Waals surface area contributed by atoms with Gasteiger partial charge in [-0.2, -0.15) is 0 Å². The molecule has 0 rings (SSSR count). The quantitative estimate of drug-likeness (QED) is 0.414. The molecule has 0 aromatic rings. The van der Waals surface area contributed by atoms with E-state index in [-0.39, 0.29) is 0 Å². The normalized spacial score (nSPS) is 3.29. The third-order valence-corrected chi connectivity index (χ3v) is 0. The number of hydrogen-bond acceptors (Lipinski definition) is 0. The lowest BCUT2D eigenvalue weighted by Crippen LogP contribution is -1.07. The van der Waals surface area contributed by atoms with Gasteiger partial charge in [0.1, 0.15) is 0 Å². The van der Waals surface area contributed by atoms with Crippen LogP contribution in [0.15, 0.2) is 25.8 Å². The van der Waals surface area contributed by atoms with Crippen LogP contribution < -0.4 is 0 Å². The minimum absolute atomic E-state index is 0.500. The van der Waals surface area contributed by atoms with Crippen LogP contribution in [0.1, 0.15) is 6.92 Å². The van der Waals surface area contributed by atoms with Crippen molar-refractivity contribution in [2.45, 2.75) is 6.92 Å². The summed E-state index contributed by atoms with van der Waals surface area (Å²) in [6.45, 7) is 11.2. The average molecular weight is 104 g/mol. The van der Waals surface area contributed by atoms with Crippen molar-refractivity contribution in [2.75, 3.05) is 7.18 Å². The van der Waals surface area contributed by atoms with Gasteiger partial charge < -0.3 is 0 Å². The van der Waals surface area contributed by atoms with E-state index in [1.54, 1.807) is 6.08 Å². The second-order valence-corrected chi connectivity index (χ2v) is 0.408. The third kappa shape index (κ3) is 181. The molecule has 0 aliphatic rings. The van der Waals surface area contributed by atoms with Gasteiger partial charge in [0.15, 0.2) is 0 Å². The maximum absolute atomic E-state index is 9.50.